The fraction of sp³-hybridized carbons (Fsp3) is 0. The second kappa shape index (κ2) is 12.8. The van der Waals surface area contributed by atoms with Gasteiger partial charge in [0.15, 0.2) is 17.5 Å². The summed E-state index contributed by atoms with van der Waals surface area (Å²) in [5.74, 6) is 1.97. The molecule has 0 unspecified atom stereocenters. The van der Waals surface area contributed by atoms with Crippen molar-refractivity contribution in [1.29, 1.82) is 0 Å². The molecule has 0 aliphatic carbocycles. The summed E-state index contributed by atoms with van der Waals surface area (Å²) in [5, 5.41) is 7.15. The first kappa shape index (κ1) is 32.3. The predicted octanol–water partition coefficient (Wildman–Crippen LogP) is 14.8. The first-order chi connectivity index (χ1) is 28.2. The smallest absolute Gasteiger partial charge is 0.164 e. The number of aromatic nitrogens is 3. The van der Waals surface area contributed by atoms with Crippen molar-refractivity contribution < 1.29 is 4.42 Å². The van der Waals surface area contributed by atoms with Gasteiger partial charge in [-0.1, -0.05) is 140 Å². The number of rotatable bonds is 5. The van der Waals surface area contributed by atoms with Crippen molar-refractivity contribution in [3.63, 3.8) is 0 Å². The minimum atomic E-state index is 0.654. The van der Waals surface area contributed by atoms with E-state index in [-0.39, 0.29) is 0 Å². The lowest BCUT2D eigenvalue weighted by molar-refractivity contribution is 0.669. The quantitative estimate of drug-likeness (QED) is 0.175. The van der Waals surface area contributed by atoms with E-state index in [1.54, 1.807) is 11.3 Å². The van der Waals surface area contributed by atoms with E-state index in [0.29, 0.717) is 17.5 Å². The Labute approximate surface area is 335 Å². The van der Waals surface area contributed by atoms with E-state index >= 15 is 0 Å². The molecule has 4 nitrogen and oxygen atoms in total. The zero-order chi connectivity index (χ0) is 37.5. The molecule has 12 rings (SSSR count). The van der Waals surface area contributed by atoms with E-state index in [2.05, 4.69) is 109 Å². The Balaban J connectivity index is 1.06. The predicted molar refractivity (Wildman–Crippen MR) is 240 cm³/mol. The van der Waals surface area contributed by atoms with Crippen LogP contribution in [0.1, 0.15) is 0 Å². The van der Waals surface area contributed by atoms with Crippen molar-refractivity contribution in [3.05, 3.63) is 176 Å². The summed E-state index contributed by atoms with van der Waals surface area (Å²) in [6.45, 7) is 0. The molecule has 0 saturated carbocycles. The molecule has 0 radical (unpaired) electrons. The minimum Gasteiger partial charge on any atom is -0.456 e. The van der Waals surface area contributed by atoms with Crippen molar-refractivity contribution in [2.45, 2.75) is 0 Å². The van der Waals surface area contributed by atoms with Crippen molar-refractivity contribution in [1.82, 2.24) is 15.0 Å². The molecule has 0 N–H and O–H groups in total. The van der Waals surface area contributed by atoms with Crippen LogP contribution in [-0.2, 0) is 0 Å². The number of hydrogen-bond donors (Lipinski definition) is 0. The third-order valence-corrected chi connectivity index (χ3v) is 13.3. The van der Waals surface area contributed by atoms with Crippen LogP contribution in [0.25, 0.3) is 119 Å². The summed E-state index contributed by atoms with van der Waals surface area (Å²) in [4.78, 5) is 15.2. The Hall–Kier alpha value is -6.99. The van der Waals surface area contributed by atoms with E-state index in [9.17, 15) is 0 Å². The van der Waals surface area contributed by atoms with Crippen molar-refractivity contribution >= 4 is 85.0 Å². The van der Waals surface area contributed by atoms with Gasteiger partial charge in [-0.05, 0) is 58.7 Å². The third-order valence-electron chi connectivity index (χ3n) is 10.9. The highest BCUT2D eigenvalue weighted by Gasteiger charge is 2.20. The van der Waals surface area contributed by atoms with Crippen LogP contribution in [0.5, 0.6) is 0 Å². The highest BCUT2D eigenvalue weighted by molar-refractivity contribution is 7.26. The summed E-state index contributed by atoms with van der Waals surface area (Å²) >= 11 is 3.66. The Bertz CT molecular complexity index is 3470. The molecule has 6 heteroatoms. The first-order valence-corrected chi connectivity index (χ1v) is 20.6. The van der Waals surface area contributed by atoms with E-state index < -0.39 is 0 Å². The molecule has 0 bridgehead atoms. The van der Waals surface area contributed by atoms with Crippen LogP contribution >= 0.6 is 22.7 Å². The number of nitrogens with zero attached hydrogens (tertiary/aromatic N) is 3. The number of furan rings is 1. The number of fused-ring (bicyclic) bond motifs is 9. The molecule has 0 atom stereocenters. The summed E-state index contributed by atoms with van der Waals surface area (Å²) in [5.41, 5.74) is 9.34. The van der Waals surface area contributed by atoms with Gasteiger partial charge in [0, 0.05) is 67.8 Å². The second-order valence-corrected chi connectivity index (χ2v) is 16.4. The van der Waals surface area contributed by atoms with Gasteiger partial charge in [-0.15, -0.1) is 22.7 Å². The summed E-state index contributed by atoms with van der Waals surface area (Å²) < 4.78 is 11.6. The van der Waals surface area contributed by atoms with Gasteiger partial charge < -0.3 is 4.42 Å². The molecule has 57 heavy (non-hydrogen) atoms. The van der Waals surface area contributed by atoms with Crippen LogP contribution in [0.15, 0.2) is 180 Å². The van der Waals surface area contributed by atoms with E-state index in [4.69, 9.17) is 19.4 Å². The fourth-order valence-corrected chi connectivity index (χ4v) is 10.7. The number of benzene rings is 8. The van der Waals surface area contributed by atoms with E-state index in [1.807, 2.05) is 78.1 Å². The Morgan fingerprint density at radius 2 is 0.982 bits per heavy atom. The van der Waals surface area contributed by atoms with Gasteiger partial charge >= 0.3 is 0 Å². The molecule has 0 aliphatic heterocycles. The lowest BCUT2D eigenvalue weighted by Gasteiger charge is -2.11. The maximum absolute atomic E-state index is 6.62. The lowest BCUT2D eigenvalue weighted by atomic mass is 9.93. The molecule has 0 fully saturated rings. The summed E-state index contributed by atoms with van der Waals surface area (Å²) in [6.07, 6.45) is 0. The number of para-hydroxylation sites is 1. The standard InChI is InChI=1S/C51H29N3OS2/c1-3-13-30(14-4-1)49-52-50(31-15-5-2-6-16-31)54-51(53-49)39-21-12-24-44-47(39)38-26-25-32(29-45(38)56-44)40-27-33(28-42-46(40)37-18-7-9-22-41(37)55-42)34-19-11-20-36-35-17-8-10-23-43(35)57-48(34)36/h1-29H. The highest BCUT2D eigenvalue weighted by atomic mass is 32.1. The average molecular weight is 764 g/mol. The molecule has 266 valence electrons. The van der Waals surface area contributed by atoms with Gasteiger partial charge in [-0.3, -0.25) is 0 Å². The largest absolute Gasteiger partial charge is 0.456 e. The van der Waals surface area contributed by atoms with Crippen LogP contribution in [-0.4, -0.2) is 15.0 Å². The number of thiophene rings is 2. The average Bonchev–Trinajstić information content (AvgIpc) is 3.97. The molecule has 8 aromatic carbocycles. The maximum Gasteiger partial charge on any atom is 0.164 e. The van der Waals surface area contributed by atoms with Crippen LogP contribution < -0.4 is 0 Å². The van der Waals surface area contributed by atoms with Crippen molar-refractivity contribution in [2.24, 2.45) is 0 Å². The molecule has 12 aromatic rings. The fourth-order valence-electron chi connectivity index (χ4n) is 8.32. The normalized spacial score (nSPS) is 11.9. The summed E-state index contributed by atoms with van der Waals surface area (Å²) in [6, 6.07) is 62.0. The van der Waals surface area contributed by atoms with Gasteiger partial charge in [0.1, 0.15) is 11.2 Å². The van der Waals surface area contributed by atoms with Gasteiger partial charge in [0.25, 0.3) is 0 Å². The zero-order valence-electron chi connectivity index (χ0n) is 30.3. The van der Waals surface area contributed by atoms with Crippen LogP contribution in [0.3, 0.4) is 0 Å². The second-order valence-electron chi connectivity index (χ2n) is 14.3. The van der Waals surface area contributed by atoms with Crippen LogP contribution in [0.4, 0.5) is 0 Å². The molecular weight excluding hydrogens is 735 g/mol. The van der Waals surface area contributed by atoms with Crippen LogP contribution in [0, 0.1) is 0 Å². The van der Waals surface area contributed by atoms with E-state index in [1.165, 1.54) is 40.5 Å². The van der Waals surface area contributed by atoms with Crippen LogP contribution in [0.2, 0.25) is 0 Å². The molecule has 0 saturated heterocycles. The lowest BCUT2D eigenvalue weighted by Crippen LogP contribution is -2.00. The monoisotopic (exact) mass is 763 g/mol. The minimum absolute atomic E-state index is 0.654. The first-order valence-electron chi connectivity index (χ1n) is 18.9. The molecule has 0 amide bonds. The summed E-state index contributed by atoms with van der Waals surface area (Å²) in [7, 11) is 0. The van der Waals surface area contributed by atoms with Crippen molar-refractivity contribution in [3.8, 4) is 56.4 Å². The Kier molecular flexibility index (Phi) is 7.24. The van der Waals surface area contributed by atoms with Gasteiger partial charge in [-0.2, -0.15) is 0 Å². The number of hydrogen-bond acceptors (Lipinski definition) is 6. The Morgan fingerprint density at radius 1 is 0.333 bits per heavy atom. The van der Waals surface area contributed by atoms with Gasteiger partial charge in [0.05, 0.1) is 0 Å². The third kappa shape index (κ3) is 5.22. The van der Waals surface area contributed by atoms with Crippen molar-refractivity contribution in [2.75, 3.05) is 0 Å². The highest BCUT2D eigenvalue weighted by Crippen LogP contribution is 2.46. The topological polar surface area (TPSA) is 51.8 Å². The van der Waals surface area contributed by atoms with Gasteiger partial charge in [0.2, 0.25) is 0 Å². The van der Waals surface area contributed by atoms with E-state index in [0.717, 1.165) is 60.7 Å². The zero-order valence-corrected chi connectivity index (χ0v) is 31.9. The maximum atomic E-state index is 6.62. The Morgan fingerprint density at radius 3 is 1.79 bits per heavy atom. The molecular formula is C51H29N3OS2. The molecule has 0 aliphatic rings. The van der Waals surface area contributed by atoms with Gasteiger partial charge in [-0.25, -0.2) is 15.0 Å². The SMILES string of the molecule is c1ccc(-c2nc(-c3ccccc3)nc(-c3cccc4sc5cc(-c6cc(-c7cccc8c7sc7ccccc78)cc7oc8ccccc8c67)ccc5c34)n2)cc1. The molecule has 0 spiro atoms. The molecule has 4 heterocycles. The molecule has 4 aromatic heterocycles.